The summed E-state index contributed by atoms with van der Waals surface area (Å²) in [5.74, 6) is 3.89. The quantitative estimate of drug-likeness (QED) is 0.231. The number of hydrogen-bond acceptors (Lipinski definition) is 2. The van der Waals surface area contributed by atoms with E-state index in [1.54, 1.807) is 5.01 Å². The molecular weight excluding hydrogens is 384 g/mol. The number of unbranched alkanes of at least 4 members (excludes halogenated alkanes) is 5. The third-order valence-corrected chi connectivity index (χ3v) is 11.5. The second-order valence-corrected chi connectivity index (χ2v) is 12.5. The summed E-state index contributed by atoms with van der Waals surface area (Å²) in [6, 6.07) is 0.233. The molecule has 31 heavy (non-hydrogen) atoms. The molecule has 5 rings (SSSR count). The minimum Gasteiger partial charge on any atom is -0.235 e. The molecule has 8 atom stereocenters. The molecule has 2 bridgehead atoms. The molecule has 0 aromatic rings. The van der Waals surface area contributed by atoms with E-state index in [0.717, 1.165) is 36.6 Å². The van der Waals surface area contributed by atoms with E-state index in [0.29, 0.717) is 11.3 Å². The van der Waals surface area contributed by atoms with Gasteiger partial charge in [-0.05, 0) is 86.4 Å². The summed E-state index contributed by atoms with van der Waals surface area (Å²) in [4.78, 5) is 12.0. The normalized spacial score (nSPS) is 45.8. The SMILES string of the molecule is CCCCCCCCC1CCC2C3C[C@@H]4C5CCCC[C@]5(CN4[N+](=O)[O-])C3CC[C@]12C. The number of nitrogens with zero attached hydrogens (tertiary/aromatic N) is 2. The van der Waals surface area contributed by atoms with E-state index in [-0.39, 0.29) is 16.5 Å². The van der Waals surface area contributed by atoms with Gasteiger partial charge in [-0.2, -0.15) is 0 Å². The van der Waals surface area contributed by atoms with Gasteiger partial charge in [-0.15, -0.1) is 5.01 Å². The van der Waals surface area contributed by atoms with Gasteiger partial charge in [-0.25, -0.2) is 10.1 Å². The molecule has 0 radical (unpaired) electrons. The van der Waals surface area contributed by atoms with E-state index in [9.17, 15) is 10.1 Å². The zero-order valence-corrected chi connectivity index (χ0v) is 20.2. The van der Waals surface area contributed by atoms with Crippen molar-refractivity contribution >= 4 is 0 Å². The predicted octanol–water partition coefficient (Wildman–Crippen LogP) is 7.25. The van der Waals surface area contributed by atoms with Crippen LogP contribution in [0.3, 0.4) is 0 Å². The van der Waals surface area contributed by atoms with Crippen molar-refractivity contribution in [2.75, 3.05) is 6.54 Å². The molecule has 176 valence electrons. The number of fused-ring (bicyclic) bond motifs is 3. The van der Waals surface area contributed by atoms with Gasteiger partial charge < -0.3 is 0 Å². The van der Waals surface area contributed by atoms with E-state index < -0.39 is 0 Å². The van der Waals surface area contributed by atoms with Gasteiger partial charge >= 0.3 is 0 Å². The third kappa shape index (κ3) is 3.44. The van der Waals surface area contributed by atoms with Crippen LogP contribution in [0.5, 0.6) is 0 Å². The van der Waals surface area contributed by atoms with Crippen LogP contribution in [0.25, 0.3) is 0 Å². The lowest BCUT2D eigenvalue weighted by Gasteiger charge is -2.59. The highest BCUT2D eigenvalue weighted by molar-refractivity contribution is 5.15. The maximum Gasteiger partial charge on any atom is 0.160 e. The van der Waals surface area contributed by atoms with Gasteiger partial charge in [0.05, 0.1) is 12.6 Å². The summed E-state index contributed by atoms with van der Waals surface area (Å²) in [6.07, 6.45) is 21.7. The topological polar surface area (TPSA) is 46.4 Å². The highest BCUT2D eigenvalue weighted by atomic mass is 16.7. The third-order valence-electron chi connectivity index (χ3n) is 11.5. The first kappa shape index (κ1) is 22.0. The summed E-state index contributed by atoms with van der Waals surface area (Å²) in [6.45, 7) is 5.70. The average molecular weight is 431 g/mol. The zero-order valence-electron chi connectivity index (χ0n) is 20.2. The minimum atomic E-state index is -0.0166. The lowest BCUT2D eigenvalue weighted by Crippen LogP contribution is -2.55. The zero-order chi connectivity index (χ0) is 21.6. The first-order valence-corrected chi connectivity index (χ1v) is 13.9. The molecule has 0 N–H and O–H groups in total. The molecule has 4 nitrogen and oxygen atoms in total. The second-order valence-electron chi connectivity index (χ2n) is 12.5. The first-order valence-electron chi connectivity index (χ1n) is 13.9. The molecular formula is C27H46N2O2. The van der Waals surface area contributed by atoms with Crippen molar-refractivity contribution in [2.45, 2.75) is 123 Å². The smallest absolute Gasteiger partial charge is 0.160 e. The minimum absolute atomic E-state index is 0.0166. The van der Waals surface area contributed by atoms with Crippen molar-refractivity contribution in [3.8, 4) is 0 Å². The monoisotopic (exact) mass is 430 g/mol. The number of rotatable bonds is 8. The van der Waals surface area contributed by atoms with E-state index in [1.807, 2.05) is 0 Å². The molecule has 1 heterocycles. The molecule has 5 unspecified atom stereocenters. The van der Waals surface area contributed by atoms with Crippen molar-refractivity contribution in [2.24, 2.45) is 40.4 Å². The van der Waals surface area contributed by atoms with Crippen molar-refractivity contribution < 1.29 is 5.03 Å². The van der Waals surface area contributed by atoms with Crippen LogP contribution in [0.15, 0.2) is 0 Å². The van der Waals surface area contributed by atoms with Crippen molar-refractivity contribution in [1.29, 1.82) is 0 Å². The molecule has 0 amide bonds. The Morgan fingerprint density at radius 1 is 0.935 bits per heavy atom. The molecule has 4 heteroatoms. The van der Waals surface area contributed by atoms with Crippen LogP contribution in [0, 0.1) is 50.5 Å². The molecule has 1 aliphatic heterocycles. The van der Waals surface area contributed by atoms with Crippen molar-refractivity contribution in [3.05, 3.63) is 10.1 Å². The Labute approximate surface area is 190 Å². The largest absolute Gasteiger partial charge is 0.235 e. The fraction of sp³-hybridized carbons (Fsp3) is 1.00. The van der Waals surface area contributed by atoms with E-state index in [4.69, 9.17) is 0 Å². The Hall–Kier alpha value is -0.800. The molecule has 0 aromatic heterocycles. The summed E-state index contributed by atoms with van der Waals surface area (Å²) in [5, 5.41) is 13.7. The van der Waals surface area contributed by atoms with E-state index >= 15 is 0 Å². The van der Waals surface area contributed by atoms with Crippen LogP contribution in [0.1, 0.15) is 117 Å². The second kappa shape index (κ2) is 8.52. The Kier molecular flexibility index (Phi) is 6.05. The van der Waals surface area contributed by atoms with E-state index in [2.05, 4.69) is 13.8 Å². The lowest BCUT2D eigenvalue weighted by molar-refractivity contribution is -0.661. The summed E-state index contributed by atoms with van der Waals surface area (Å²) in [5.41, 5.74) is 0.791. The number of hydrogen-bond donors (Lipinski definition) is 0. The Morgan fingerprint density at radius 2 is 1.74 bits per heavy atom. The highest BCUT2D eigenvalue weighted by Gasteiger charge is 2.68. The fourth-order valence-electron chi connectivity index (χ4n) is 10.1. The van der Waals surface area contributed by atoms with Crippen LogP contribution in [0.4, 0.5) is 0 Å². The van der Waals surface area contributed by atoms with Gasteiger partial charge in [0.15, 0.2) is 5.03 Å². The summed E-state index contributed by atoms with van der Waals surface area (Å²) < 4.78 is 0. The summed E-state index contributed by atoms with van der Waals surface area (Å²) >= 11 is 0. The van der Waals surface area contributed by atoms with Crippen molar-refractivity contribution in [3.63, 3.8) is 0 Å². The fourth-order valence-corrected chi connectivity index (χ4v) is 10.1. The van der Waals surface area contributed by atoms with Gasteiger partial charge in [0, 0.05) is 5.41 Å². The Morgan fingerprint density at radius 3 is 2.55 bits per heavy atom. The molecule has 1 saturated heterocycles. The van der Waals surface area contributed by atoms with Crippen LogP contribution in [0.2, 0.25) is 0 Å². The maximum absolute atomic E-state index is 12.0. The number of hydrazine groups is 1. The van der Waals surface area contributed by atoms with Gasteiger partial charge in [0.25, 0.3) is 0 Å². The Balaban J connectivity index is 1.30. The predicted molar refractivity (Wildman–Crippen MR) is 125 cm³/mol. The molecule has 0 spiro atoms. The van der Waals surface area contributed by atoms with Crippen molar-refractivity contribution in [1.82, 2.24) is 5.01 Å². The van der Waals surface area contributed by atoms with E-state index in [1.165, 1.54) is 96.3 Å². The van der Waals surface area contributed by atoms with Gasteiger partial charge in [0.2, 0.25) is 0 Å². The number of nitro groups is 1. The highest BCUT2D eigenvalue weighted by Crippen LogP contribution is 2.70. The maximum atomic E-state index is 12.0. The average Bonchev–Trinajstić information content (AvgIpc) is 3.23. The van der Waals surface area contributed by atoms with Gasteiger partial charge in [-0.1, -0.05) is 65.2 Å². The standard InChI is InChI=1S/C27H46N2O2/c1-3-4-5-6-7-8-11-20-13-14-22-21-18-25-24-12-9-10-16-27(24,19-28(25)29(30)31)23(21)15-17-26(20,22)2/h20-25H,3-19H2,1-2H3/t20?,21?,22?,23?,24?,25-,26-,27+/m1/s1. The van der Waals surface area contributed by atoms with Gasteiger partial charge in [-0.3, -0.25) is 0 Å². The van der Waals surface area contributed by atoms with Crippen LogP contribution >= 0.6 is 0 Å². The van der Waals surface area contributed by atoms with Gasteiger partial charge in [0.1, 0.15) is 0 Å². The molecule has 4 aliphatic carbocycles. The molecule has 4 saturated carbocycles. The lowest BCUT2D eigenvalue weighted by atomic mass is 9.45. The molecule has 5 aliphatic rings. The van der Waals surface area contributed by atoms with Crippen LogP contribution in [-0.4, -0.2) is 22.6 Å². The Bertz CT molecular complexity index is 668. The summed E-state index contributed by atoms with van der Waals surface area (Å²) in [7, 11) is 0. The molecule has 0 aromatic carbocycles. The first-order chi connectivity index (χ1) is 15.0. The van der Waals surface area contributed by atoms with Crippen LogP contribution < -0.4 is 0 Å². The molecule has 5 fully saturated rings. The van der Waals surface area contributed by atoms with Crippen LogP contribution in [-0.2, 0) is 0 Å².